The summed E-state index contributed by atoms with van der Waals surface area (Å²) < 4.78 is 8.73. The molecule has 4 aromatic rings. The number of para-hydroxylation sites is 1. The molecule has 1 aliphatic carbocycles. The summed E-state index contributed by atoms with van der Waals surface area (Å²) in [5, 5.41) is 19.9. The van der Waals surface area contributed by atoms with Crippen LogP contribution in [0.15, 0.2) is 64.4 Å². The lowest BCUT2D eigenvalue weighted by Crippen LogP contribution is -2.17. The van der Waals surface area contributed by atoms with Gasteiger partial charge in [-0.15, -0.1) is 5.10 Å². The zero-order valence-corrected chi connectivity index (χ0v) is 16.8. The summed E-state index contributed by atoms with van der Waals surface area (Å²) in [5.74, 6) is 1.94. The van der Waals surface area contributed by atoms with Gasteiger partial charge in [-0.05, 0) is 47.5 Å². The molecule has 0 spiro atoms. The third-order valence-electron chi connectivity index (χ3n) is 4.71. The van der Waals surface area contributed by atoms with E-state index in [1.807, 2.05) is 48.5 Å². The van der Waals surface area contributed by atoms with Crippen LogP contribution in [0.5, 0.6) is 0 Å². The minimum atomic E-state index is -0.146. The zero-order chi connectivity index (χ0) is 20.3. The number of carbonyl (C=O) groups excluding carboxylic acids is 1. The van der Waals surface area contributed by atoms with E-state index in [1.54, 1.807) is 15.6 Å². The number of hydrogen-bond acceptors (Lipinski definition) is 7. The van der Waals surface area contributed by atoms with Crippen LogP contribution < -0.4 is 5.32 Å². The third kappa shape index (κ3) is 4.13. The van der Waals surface area contributed by atoms with Crippen LogP contribution in [0.4, 0.5) is 5.82 Å². The van der Waals surface area contributed by atoms with Gasteiger partial charge in [0.2, 0.25) is 11.1 Å². The van der Waals surface area contributed by atoms with Crippen LogP contribution in [0.1, 0.15) is 30.2 Å². The van der Waals surface area contributed by atoms with E-state index in [0.29, 0.717) is 23.4 Å². The molecule has 1 saturated carbocycles. The van der Waals surface area contributed by atoms with E-state index in [1.165, 1.54) is 11.8 Å². The molecule has 1 aliphatic rings. The van der Waals surface area contributed by atoms with Crippen LogP contribution in [0.2, 0.25) is 0 Å². The summed E-state index contributed by atoms with van der Waals surface area (Å²) in [5.41, 5.74) is 1.93. The number of tetrazole rings is 1. The lowest BCUT2D eigenvalue weighted by molar-refractivity contribution is -0.113. The predicted octanol–water partition coefficient (Wildman–Crippen LogP) is 3.11. The van der Waals surface area contributed by atoms with Crippen LogP contribution in [0.25, 0.3) is 5.69 Å². The molecule has 9 nitrogen and oxygen atoms in total. The molecular formula is C20H19N7O2S. The quantitative estimate of drug-likeness (QED) is 0.436. The Bertz CT molecular complexity index is 1130. The molecular weight excluding hydrogens is 402 g/mol. The van der Waals surface area contributed by atoms with E-state index in [9.17, 15) is 4.79 Å². The van der Waals surface area contributed by atoms with Crippen LogP contribution in [0, 0.1) is 0 Å². The highest BCUT2D eigenvalue weighted by Gasteiger charge is 2.28. The first kappa shape index (κ1) is 18.6. The van der Waals surface area contributed by atoms with Gasteiger partial charge in [-0.3, -0.25) is 4.79 Å². The molecule has 152 valence electrons. The molecule has 1 N–H and O–H groups in total. The Morgan fingerprint density at radius 3 is 2.83 bits per heavy atom. The van der Waals surface area contributed by atoms with Crippen molar-refractivity contribution in [1.82, 2.24) is 30.0 Å². The number of nitrogens with one attached hydrogen (secondary N) is 1. The second-order valence-corrected chi connectivity index (χ2v) is 7.95. The summed E-state index contributed by atoms with van der Waals surface area (Å²) >= 11 is 1.27. The van der Waals surface area contributed by atoms with Gasteiger partial charge >= 0.3 is 0 Å². The lowest BCUT2D eigenvalue weighted by atomic mass is 10.3. The highest BCUT2D eigenvalue weighted by Crippen LogP contribution is 2.40. The Balaban J connectivity index is 1.27. The molecule has 0 atom stereocenters. The molecule has 3 aromatic heterocycles. The predicted molar refractivity (Wildman–Crippen MR) is 111 cm³/mol. The fourth-order valence-corrected chi connectivity index (χ4v) is 3.77. The highest BCUT2D eigenvalue weighted by atomic mass is 32.2. The van der Waals surface area contributed by atoms with Crippen molar-refractivity contribution in [2.75, 3.05) is 11.1 Å². The molecule has 1 aromatic carbocycles. The van der Waals surface area contributed by atoms with Gasteiger partial charge in [0, 0.05) is 12.0 Å². The topological polar surface area (TPSA) is 104 Å². The van der Waals surface area contributed by atoms with Crippen LogP contribution in [-0.2, 0) is 11.3 Å². The number of furan rings is 1. The van der Waals surface area contributed by atoms with Crippen molar-refractivity contribution in [2.24, 2.45) is 0 Å². The van der Waals surface area contributed by atoms with Crippen molar-refractivity contribution >= 4 is 23.5 Å². The largest absolute Gasteiger partial charge is 0.467 e. The smallest absolute Gasteiger partial charge is 0.236 e. The molecule has 0 radical (unpaired) electrons. The van der Waals surface area contributed by atoms with Crippen molar-refractivity contribution in [1.29, 1.82) is 0 Å². The van der Waals surface area contributed by atoms with Crippen LogP contribution in [0.3, 0.4) is 0 Å². The highest BCUT2D eigenvalue weighted by molar-refractivity contribution is 7.99. The summed E-state index contributed by atoms with van der Waals surface area (Å²) in [6.45, 7) is 0.412. The average Bonchev–Trinajstić information content (AvgIpc) is 3.14. The number of hydrogen-bond donors (Lipinski definition) is 1. The summed E-state index contributed by atoms with van der Waals surface area (Å²) in [4.78, 5) is 12.6. The SMILES string of the molecule is O=C(CSc1nnnn1Cc1ccco1)Nc1cc(C2CC2)nn1-c1ccccc1. The average molecular weight is 421 g/mol. The van der Waals surface area contributed by atoms with E-state index in [4.69, 9.17) is 9.52 Å². The second-order valence-electron chi connectivity index (χ2n) is 7.01. The summed E-state index contributed by atoms with van der Waals surface area (Å²) in [6.07, 6.45) is 3.90. The Morgan fingerprint density at radius 1 is 1.20 bits per heavy atom. The number of benzene rings is 1. The monoisotopic (exact) mass is 421 g/mol. The maximum atomic E-state index is 12.6. The van der Waals surface area contributed by atoms with E-state index in [-0.39, 0.29) is 11.7 Å². The van der Waals surface area contributed by atoms with Crippen molar-refractivity contribution in [3.05, 3.63) is 66.2 Å². The number of nitrogens with zero attached hydrogens (tertiary/aromatic N) is 6. The molecule has 5 rings (SSSR count). The summed E-state index contributed by atoms with van der Waals surface area (Å²) in [7, 11) is 0. The Morgan fingerprint density at radius 2 is 2.07 bits per heavy atom. The second kappa shape index (κ2) is 8.15. The maximum absolute atomic E-state index is 12.6. The van der Waals surface area contributed by atoms with Gasteiger partial charge in [0.05, 0.1) is 23.4 Å². The van der Waals surface area contributed by atoms with E-state index >= 15 is 0 Å². The molecule has 0 aliphatic heterocycles. The van der Waals surface area contributed by atoms with Crippen LogP contribution >= 0.6 is 11.8 Å². The first-order chi connectivity index (χ1) is 14.8. The molecule has 0 bridgehead atoms. The van der Waals surface area contributed by atoms with Gasteiger partial charge in [-0.1, -0.05) is 30.0 Å². The number of anilines is 1. The van der Waals surface area contributed by atoms with E-state index < -0.39 is 0 Å². The Hall–Kier alpha value is -3.40. The van der Waals surface area contributed by atoms with Crippen LogP contribution in [-0.4, -0.2) is 41.6 Å². The Labute approximate surface area is 176 Å². The van der Waals surface area contributed by atoms with Gasteiger partial charge in [-0.2, -0.15) is 5.10 Å². The lowest BCUT2D eigenvalue weighted by Gasteiger charge is -2.08. The normalized spacial score (nSPS) is 13.5. The summed E-state index contributed by atoms with van der Waals surface area (Å²) in [6, 6.07) is 15.4. The number of rotatable bonds is 8. The van der Waals surface area contributed by atoms with Gasteiger partial charge in [0.15, 0.2) is 0 Å². The molecule has 1 amide bonds. The van der Waals surface area contributed by atoms with Crippen molar-refractivity contribution in [3.63, 3.8) is 0 Å². The minimum absolute atomic E-state index is 0.146. The Kier molecular flexibility index (Phi) is 5.06. The fraction of sp³-hybridized carbons (Fsp3) is 0.250. The minimum Gasteiger partial charge on any atom is -0.467 e. The van der Waals surface area contributed by atoms with Gasteiger partial charge in [-0.25, -0.2) is 9.36 Å². The van der Waals surface area contributed by atoms with Gasteiger partial charge < -0.3 is 9.73 Å². The van der Waals surface area contributed by atoms with Crippen molar-refractivity contribution in [3.8, 4) is 5.69 Å². The maximum Gasteiger partial charge on any atom is 0.236 e. The third-order valence-corrected chi connectivity index (χ3v) is 5.67. The van der Waals surface area contributed by atoms with Crippen molar-refractivity contribution in [2.45, 2.75) is 30.5 Å². The van der Waals surface area contributed by atoms with E-state index in [0.717, 1.165) is 30.0 Å². The number of thioether (sulfide) groups is 1. The van der Waals surface area contributed by atoms with E-state index in [2.05, 4.69) is 20.8 Å². The molecule has 30 heavy (non-hydrogen) atoms. The van der Waals surface area contributed by atoms with Crippen molar-refractivity contribution < 1.29 is 9.21 Å². The number of carbonyl (C=O) groups is 1. The number of amides is 1. The molecule has 1 fully saturated rings. The molecule has 0 saturated heterocycles. The molecule has 10 heteroatoms. The number of aromatic nitrogens is 6. The van der Waals surface area contributed by atoms with Gasteiger partial charge in [0.1, 0.15) is 18.1 Å². The first-order valence-corrected chi connectivity index (χ1v) is 10.6. The van der Waals surface area contributed by atoms with Gasteiger partial charge in [0.25, 0.3) is 0 Å². The first-order valence-electron chi connectivity index (χ1n) is 9.63. The zero-order valence-electron chi connectivity index (χ0n) is 16.0. The standard InChI is InChI=1S/C20H19N7O2S/c28-19(13-30-20-22-24-25-26(20)12-16-7-4-10-29-16)21-18-11-17(14-8-9-14)23-27(18)15-5-2-1-3-6-15/h1-7,10-11,14H,8-9,12-13H2,(H,21,28). The fourth-order valence-electron chi connectivity index (χ4n) is 3.09. The molecule has 0 unspecified atom stereocenters. The molecule has 3 heterocycles.